The Bertz CT molecular complexity index is 682. The van der Waals surface area contributed by atoms with Gasteiger partial charge in [-0.2, -0.15) is 0 Å². The lowest BCUT2D eigenvalue weighted by molar-refractivity contribution is 0.302. The lowest BCUT2D eigenvalue weighted by atomic mass is 9.77. The van der Waals surface area contributed by atoms with Crippen LogP contribution in [-0.4, -0.2) is 6.61 Å². The predicted octanol–water partition coefficient (Wildman–Crippen LogP) is 8.26. The van der Waals surface area contributed by atoms with Crippen LogP contribution in [0.15, 0.2) is 36.4 Å². The molecule has 0 unspecified atom stereocenters. The van der Waals surface area contributed by atoms with Gasteiger partial charge < -0.3 is 4.74 Å². The Hall–Kier alpha value is -1.50. The first kappa shape index (κ1) is 20.2. The second-order valence-corrected chi connectivity index (χ2v) is 8.48. The molecule has 2 aromatic carbocycles. The number of hydrogen-bond acceptors (Lipinski definition) is 1. The van der Waals surface area contributed by atoms with Gasteiger partial charge in [0.2, 0.25) is 0 Å². The van der Waals surface area contributed by atoms with Gasteiger partial charge in [-0.3, -0.25) is 0 Å². The van der Waals surface area contributed by atoms with Crippen molar-refractivity contribution in [2.24, 2.45) is 5.92 Å². The maximum Gasteiger partial charge on any atom is 0.119 e. The van der Waals surface area contributed by atoms with Gasteiger partial charge in [-0.25, -0.2) is 0 Å². The van der Waals surface area contributed by atoms with Crippen LogP contribution >= 0.6 is 0 Å². The van der Waals surface area contributed by atoms with Crippen molar-refractivity contribution in [3.63, 3.8) is 0 Å². The quantitative estimate of drug-likeness (QED) is 0.384. The molecule has 0 aliphatic heterocycles. The fourth-order valence-electron chi connectivity index (χ4n) is 4.75. The number of hydrogen-bond donors (Lipinski definition) is 0. The molecule has 1 nitrogen and oxygen atoms in total. The van der Waals surface area contributed by atoms with Gasteiger partial charge >= 0.3 is 0 Å². The summed E-state index contributed by atoms with van der Waals surface area (Å²) in [6, 6.07) is 13.6. The van der Waals surface area contributed by atoms with Crippen molar-refractivity contribution >= 4 is 10.8 Å². The first-order chi connectivity index (χ1) is 13.3. The van der Waals surface area contributed by atoms with Gasteiger partial charge in [-0.15, -0.1) is 0 Å². The van der Waals surface area contributed by atoms with E-state index in [1.807, 2.05) is 6.92 Å². The Morgan fingerprint density at radius 2 is 1.48 bits per heavy atom. The number of unbranched alkanes of at least 4 members (excludes halogenated alkanes) is 5. The molecule has 0 atom stereocenters. The molecule has 3 rings (SSSR count). The largest absolute Gasteiger partial charge is 0.494 e. The van der Waals surface area contributed by atoms with Gasteiger partial charge in [0.25, 0.3) is 0 Å². The van der Waals surface area contributed by atoms with E-state index in [2.05, 4.69) is 43.3 Å². The van der Waals surface area contributed by atoms with Crippen LogP contribution in [0.2, 0.25) is 0 Å². The monoisotopic (exact) mass is 366 g/mol. The van der Waals surface area contributed by atoms with Gasteiger partial charge in [0, 0.05) is 0 Å². The molecule has 0 radical (unpaired) electrons. The van der Waals surface area contributed by atoms with Gasteiger partial charge in [0.15, 0.2) is 0 Å². The first-order valence-electron chi connectivity index (χ1n) is 11.5. The smallest absolute Gasteiger partial charge is 0.119 e. The zero-order chi connectivity index (χ0) is 18.9. The highest BCUT2D eigenvalue weighted by molar-refractivity contribution is 5.84. The topological polar surface area (TPSA) is 9.23 Å². The maximum atomic E-state index is 5.63. The summed E-state index contributed by atoms with van der Waals surface area (Å²) < 4.78 is 5.63. The molecule has 1 aliphatic carbocycles. The minimum Gasteiger partial charge on any atom is -0.494 e. The van der Waals surface area contributed by atoms with Crippen LogP contribution in [0.1, 0.15) is 96.0 Å². The van der Waals surface area contributed by atoms with E-state index in [1.165, 1.54) is 81.4 Å². The number of benzene rings is 2. The summed E-state index contributed by atoms with van der Waals surface area (Å²) in [5.41, 5.74) is 1.55. The van der Waals surface area contributed by atoms with E-state index < -0.39 is 0 Å². The van der Waals surface area contributed by atoms with Crippen LogP contribution in [0, 0.1) is 5.92 Å². The highest BCUT2D eigenvalue weighted by Gasteiger charge is 2.22. The second-order valence-electron chi connectivity index (χ2n) is 8.48. The van der Waals surface area contributed by atoms with Crippen LogP contribution in [0.3, 0.4) is 0 Å². The Morgan fingerprint density at radius 1 is 0.778 bits per heavy atom. The summed E-state index contributed by atoms with van der Waals surface area (Å²) in [6.07, 6.45) is 15.7. The fraction of sp³-hybridized carbons (Fsp3) is 0.615. The van der Waals surface area contributed by atoms with E-state index in [4.69, 9.17) is 4.74 Å². The van der Waals surface area contributed by atoms with Crippen molar-refractivity contribution in [2.45, 2.75) is 90.4 Å². The normalized spacial score (nSPS) is 20.1. The summed E-state index contributed by atoms with van der Waals surface area (Å²) in [5, 5.41) is 2.65. The average Bonchev–Trinajstić information content (AvgIpc) is 2.71. The molecule has 0 bridgehead atoms. The van der Waals surface area contributed by atoms with E-state index in [-0.39, 0.29) is 0 Å². The SMILES string of the molecule is CCCCCCCCC1CCC(c2ccc3cc(OCC)ccc3c2)CC1. The van der Waals surface area contributed by atoms with Crippen LogP contribution in [0.25, 0.3) is 10.8 Å². The minimum absolute atomic E-state index is 0.728. The van der Waals surface area contributed by atoms with E-state index in [0.717, 1.165) is 24.2 Å². The second kappa shape index (κ2) is 10.7. The van der Waals surface area contributed by atoms with Crippen molar-refractivity contribution in [1.29, 1.82) is 0 Å². The highest BCUT2D eigenvalue weighted by Crippen LogP contribution is 2.38. The van der Waals surface area contributed by atoms with E-state index >= 15 is 0 Å². The molecular weight excluding hydrogens is 328 g/mol. The molecule has 1 fully saturated rings. The maximum absolute atomic E-state index is 5.63. The van der Waals surface area contributed by atoms with Crippen molar-refractivity contribution in [3.05, 3.63) is 42.0 Å². The zero-order valence-electron chi connectivity index (χ0n) is 17.5. The molecule has 2 aromatic rings. The van der Waals surface area contributed by atoms with Gasteiger partial charge in [-0.1, -0.05) is 76.1 Å². The Morgan fingerprint density at radius 3 is 2.26 bits per heavy atom. The minimum atomic E-state index is 0.728. The van der Waals surface area contributed by atoms with Gasteiger partial charge in [-0.05, 0) is 72.9 Å². The van der Waals surface area contributed by atoms with Gasteiger partial charge in [0.05, 0.1) is 6.61 Å². The third kappa shape index (κ3) is 5.99. The number of rotatable bonds is 10. The van der Waals surface area contributed by atoms with Crippen LogP contribution in [0.5, 0.6) is 5.75 Å². The van der Waals surface area contributed by atoms with E-state index in [1.54, 1.807) is 5.56 Å². The number of fused-ring (bicyclic) bond motifs is 1. The standard InChI is InChI=1S/C26H38O/c1-3-5-6-7-8-9-10-21-11-13-22(14-12-21)23-15-16-25-20-26(27-4-2)18-17-24(25)19-23/h15-22H,3-14H2,1-2H3. The lowest BCUT2D eigenvalue weighted by Crippen LogP contribution is -2.13. The van der Waals surface area contributed by atoms with Crippen LogP contribution in [0.4, 0.5) is 0 Å². The van der Waals surface area contributed by atoms with Crippen molar-refractivity contribution in [3.8, 4) is 5.75 Å². The molecule has 1 aliphatic rings. The summed E-state index contributed by atoms with van der Waals surface area (Å²) in [5.74, 6) is 2.73. The fourth-order valence-corrected chi connectivity index (χ4v) is 4.75. The van der Waals surface area contributed by atoms with E-state index in [9.17, 15) is 0 Å². The van der Waals surface area contributed by atoms with E-state index in [0.29, 0.717) is 0 Å². The van der Waals surface area contributed by atoms with Crippen LogP contribution < -0.4 is 4.74 Å². The predicted molar refractivity (Wildman–Crippen MR) is 118 cm³/mol. The molecule has 0 spiro atoms. The summed E-state index contributed by atoms with van der Waals surface area (Å²) in [6.45, 7) is 5.06. The molecular formula is C26H38O. The van der Waals surface area contributed by atoms with Crippen molar-refractivity contribution in [2.75, 3.05) is 6.61 Å². The molecule has 0 aromatic heterocycles. The van der Waals surface area contributed by atoms with Crippen molar-refractivity contribution in [1.82, 2.24) is 0 Å². The molecule has 0 N–H and O–H groups in total. The van der Waals surface area contributed by atoms with Gasteiger partial charge in [0.1, 0.15) is 5.75 Å². The Kier molecular flexibility index (Phi) is 8.05. The number of ether oxygens (including phenoxy) is 1. The molecule has 1 heteroatoms. The molecule has 148 valence electrons. The van der Waals surface area contributed by atoms with Crippen molar-refractivity contribution < 1.29 is 4.74 Å². The Balaban J connectivity index is 1.47. The zero-order valence-corrected chi connectivity index (χ0v) is 17.5. The summed E-state index contributed by atoms with van der Waals surface area (Å²) in [4.78, 5) is 0. The molecule has 0 heterocycles. The van der Waals surface area contributed by atoms with Crippen LogP contribution in [-0.2, 0) is 0 Å². The third-order valence-corrected chi connectivity index (χ3v) is 6.43. The summed E-state index contributed by atoms with van der Waals surface area (Å²) in [7, 11) is 0. The molecule has 0 saturated heterocycles. The summed E-state index contributed by atoms with van der Waals surface area (Å²) >= 11 is 0. The third-order valence-electron chi connectivity index (χ3n) is 6.43. The molecule has 27 heavy (non-hydrogen) atoms. The molecule has 1 saturated carbocycles. The highest BCUT2D eigenvalue weighted by atomic mass is 16.5. The lowest BCUT2D eigenvalue weighted by Gasteiger charge is -2.29. The average molecular weight is 367 g/mol. The molecule has 0 amide bonds. The first-order valence-corrected chi connectivity index (χ1v) is 11.5. The Labute approximate surface area is 166 Å².